The number of amides is 1. The molecule has 0 fully saturated rings. The molecule has 0 aliphatic rings. The first kappa shape index (κ1) is 19.1. The van der Waals surface area contributed by atoms with Crippen LogP contribution in [0.15, 0.2) is 48.5 Å². The number of hydrogen-bond donors (Lipinski definition) is 1. The highest BCUT2D eigenvalue weighted by atomic mass is 19.4. The van der Waals surface area contributed by atoms with Crippen LogP contribution in [0, 0.1) is 12.3 Å². The third-order valence-corrected chi connectivity index (χ3v) is 3.39. The number of rotatable bonds is 5. The molecule has 0 aliphatic carbocycles. The lowest BCUT2D eigenvalue weighted by Crippen LogP contribution is -2.29. The van der Waals surface area contributed by atoms with Gasteiger partial charge >= 0.3 is 12.1 Å². The van der Waals surface area contributed by atoms with Crippen molar-refractivity contribution in [1.29, 1.82) is 0 Å². The van der Waals surface area contributed by atoms with Crippen LogP contribution in [0.2, 0.25) is 0 Å². The zero-order chi connectivity index (χ0) is 19.2. The van der Waals surface area contributed by atoms with Gasteiger partial charge in [-0.15, -0.1) is 6.42 Å². The molecule has 0 spiro atoms. The van der Waals surface area contributed by atoms with Crippen LogP contribution < -0.4 is 5.32 Å². The van der Waals surface area contributed by atoms with Crippen LogP contribution >= 0.6 is 0 Å². The standard InChI is InChI=1S/C19H14F3NO3/c1-2-11-23-17(24)12-26-18(25)16-6-4-3-5-15(16)13-7-9-14(10-8-13)19(20,21)22/h1,3-10H,11-12H2,(H,23,24). The highest BCUT2D eigenvalue weighted by molar-refractivity contribution is 5.98. The average Bonchev–Trinajstić information content (AvgIpc) is 2.63. The van der Waals surface area contributed by atoms with Crippen LogP contribution in [0.25, 0.3) is 11.1 Å². The molecule has 0 saturated heterocycles. The van der Waals surface area contributed by atoms with Gasteiger partial charge in [0, 0.05) is 0 Å². The Morgan fingerprint density at radius 2 is 1.73 bits per heavy atom. The number of nitrogens with one attached hydrogen (secondary N) is 1. The maximum atomic E-state index is 12.7. The van der Waals surface area contributed by atoms with E-state index in [1.165, 1.54) is 18.2 Å². The summed E-state index contributed by atoms with van der Waals surface area (Å²) in [6.45, 7) is -0.500. The number of alkyl halides is 3. The van der Waals surface area contributed by atoms with Crippen molar-refractivity contribution < 1.29 is 27.5 Å². The van der Waals surface area contributed by atoms with Crippen LogP contribution in [0.4, 0.5) is 13.2 Å². The molecule has 0 unspecified atom stereocenters. The second-order valence-electron chi connectivity index (χ2n) is 5.18. The summed E-state index contributed by atoms with van der Waals surface area (Å²) in [6, 6.07) is 10.7. The molecular weight excluding hydrogens is 347 g/mol. The Labute approximate surface area is 148 Å². The van der Waals surface area contributed by atoms with E-state index in [1.54, 1.807) is 18.2 Å². The van der Waals surface area contributed by atoms with Gasteiger partial charge in [0.05, 0.1) is 17.7 Å². The van der Waals surface area contributed by atoms with Crippen LogP contribution in [-0.4, -0.2) is 25.0 Å². The number of hydrogen-bond acceptors (Lipinski definition) is 3. The lowest BCUT2D eigenvalue weighted by atomic mass is 9.98. The predicted molar refractivity (Wildman–Crippen MR) is 89.0 cm³/mol. The molecule has 2 rings (SSSR count). The maximum absolute atomic E-state index is 12.7. The Hall–Kier alpha value is -3.27. The number of carbonyl (C=O) groups is 2. The van der Waals surface area contributed by atoms with Gasteiger partial charge in [-0.3, -0.25) is 4.79 Å². The molecule has 0 aliphatic heterocycles. The second-order valence-corrected chi connectivity index (χ2v) is 5.18. The van der Waals surface area contributed by atoms with E-state index in [2.05, 4.69) is 11.2 Å². The molecule has 1 N–H and O–H groups in total. The molecule has 0 heterocycles. The third-order valence-electron chi connectivity index (χ3n) is 3.39. The molecule has 2 aromatic carbocycles. The average molecular weight is 361 g/mol. The zero-order valence-corrected chi connectivity index (χ0v) is 13.5. The van der Waals surface area contributed by atoms with E-state index < -0.39 is 30.2 Å². The minimum absolute atomic E-state index is 0.0124. The zero-order valence-electron chi connectivity index (χ0n) is 13.5. The number of ether oxygens (including phenoxy) is 1. The van der Waals surface area contributed by atoms with E-state index in [0.29, 0.717) is 11.1 Å². The fraction of sp³-hybridized carbons (Fsp3) is 0.158. The van der Waals surface area contributed by atoms with Gasteiger partial charge in [-0.1, -0.05) is 36.3 Å². The quantitative estimate of drug-likeness (QED) is 0.657. The number of esters is 1. The molecule has 0 bridgehead atoms. The molecule has 0 aromatic heterocycles. The monoisotopic (exact) mass is 361 g/mol. The fourth-order valence-electron chi connectivity index (χ4n) is 2.16. The molecule has 134 valence electrons. The van der Waals surface area contributed by atoms with Crippen molar-refractivity contribution in [2.24, 2.45) is 0 Å². The van der Waals surface area contributed by atoms with Crippen LogP contribution in [0.3, 0.4) is 0 Å². The number of halogens is 3. The SMILES string of the molecule is C#CCNC(=O)COC(=O)c1ccccc1-c1ccc(C(F)(F)F)cc1. The molecule has 26 heavy (non-hydrogen) atoms. The Morgan fingerprint density at radius 1 is 1.08 bits per heavy atom. The summed E-state index contributed by atoms with van der Waals surface area (Å²) in [6.07, 6.45) is 0.561. The van der Waals surface area contributed by atoms with Gasteiger partial charge in [0.15, 0.2) is 6.61 Å². The molecule has 7 heteroatoms. The first-order valence-electron chi connectivity index (χ1n) is 7.47. The van der Waals surface area contributed by atoms with Crippen molar-refractivity contribution in [1.82, 2.24) is 5.32 Å². The Morgan fingerprint density at radius 3 is 2.35 bits per heavy atom. The summed E-state index contributed by atoms with van der Waals surface area (Å²) in [5.41, 5.74) is 0.168. The molecule has 2 aromatic rings. The Balaban J connectivity index is 2.18. The van der Waals surface area contributed by atoms with Gasteiger partial charge in [-0.05, 0) is 29.3 Å². The van der Waals surface area contributed by atoms with E-state index in [-0.39, 0.29) is 12.1 Å². The summed E-state index contributed by atoms with van der Waals surface area (Å²) in [7, 11) is 0. The van der Waals surface area contributed by atoms with Gasteiger partial charge in [-0.2, -0.15) is 13.2 Å². The summed E-state index contributed by atoms with van der Waals surface area (Å²) in [5.74, 6) is 0.891. The topological polar surface area (TPSA) is 55.4 Å². The first-order chi connectivity index (χ1) is 12.3. The summed E-state index contributed by atoms with van der Waals surface area (Å²) >= 11 is 0. The Bertz CT molecular complexity index is 836. The normalized spacial score (nSPS) is 10.7. The van der Waals surface area contributed by atoms with Gasteiger partial charge in [0.2, 0.25) is 0 Å². The van der Waals surface area contributed by atoms with Crippen LogP contribution in [0.1, 0.15) is 15.9 Å². The molecule has 0 atom stereocenters. The highest BCUT2D eigenvalue weighted by Gasteiger charge is 2.30. The third kappa shape index (κ3) is 4.86. The van der Waals surface area contributed by atoms with Crippen molar-refractivity contribution in [3.8, 4) is 23.5 Å². The van der Waals surface area contributed by atoms with Gasteiger partial charge < -0.3 is 10.1 Å². The van der Waals surface area contributed by atoms with E-state index in [4.69, 9.17) is 11.2 Å². The first-order valence-corrected chi connectivity index (χ1v) is 7.47. The predicted octanol–water partition coefficient (Wildman–Crippen LogP) is 3.28. The molecule has 0 saturated carbocycles. The van der Waals surface area contributed by atoms with Crippen LogP contribution in [-0.2, 0) is 15.7 Å². The van der Waals surface area contributed by atoms with Crippen molar-refractivity contribution in [2.45, 2.75) is 6.18 Å². The van der Waals surface area contributed by atoms with Crippen molar-refractivity contribution >= 4 is 11.9 Å². The van der Waals surface area contributed by atoms with Gasteiger partial charge in [0.1, 0.15) is 0 Å². The van der Waals surface area contributed by atoms with E-state index >= 15 is 0 Å². The van der Waals surface area contributed by atoms with E-state index in [1.807, 2.05) is 0 Å². The molecule has 0 radical (unpaired) electrons. The van der Waals surface area contributed by atoms with Crippen molar-refractivity contribution in [3.05, 3.63) is 59.7 Å². The molecule has 4 nitrogen and oxygen atoms in total. The largest absolute Gasteiger partial charge is 0.452 e. The minimum Gasteiger partial charge on any atom is -0.452 e. The van der Waals surface area contributed by atoms with Crippen LogP contribution in [0.5, 0.6) is 0 Å². The summed E-state index contributed by atoms with van der Waals surface area (Å²) < 4.78 is 42.9. The van der Waals surface area contributed by atoms with Gasteiger partial charge in [0.25, 0.3) is 5.91 Å². The fourth-order valence-corrected chi connectivity index (χ4v) is 2.16. The summed E-state index contributed by atoms with van der Waals surface area (Å²) in [5, 5.41) is 2.35. The number of benzene rings is 2. The highest BCUT2D eigenvalue weighted by Crippen LogP contribution is 2.32. The minimum atomic E-state index is -4.44. The number of terminal acetylenes is 1. The van der Waals surface area contributed by atoms with Gasteiger partial charge in [-0.25, -0.2) is 4.79 Å². The summed E-state index contributed by atoms with van der Waals surface area (Å²) in [4.78, 5) is 23.7. The maximum Gasteiger partial charge on any atom is 0.416 e. The Kier molecular flexibility index (Phi) is 6.02. The smallest absolute Gasteiger partial charge is 0.416 e. The van der Waals surface area contributed by atoms with E-state index in [9.17, 15) is 22.8 Å². The van der Waals surface area contributed by atoms with E-state index in [0.717, 1.165) is 12.1 Å². The van der Waals surface area contributed by atoms with Crippen molar-refractivity contribution in [3.63, 3.8) is 0 Å². The lowest BCUT2D eigenvalue weighted by molar-refractivity contribution is -0.137. The lowest BCUT2D eigenvalue weighted by Gasteiger charge is -2.11. The number of carbonyl (C=O) groups excluding carboxylic acids is 2. The molecular formula is C19H14F3NO3. The molecule has 1 amide bonds. The second kappa shape index (κ2) is 8.21. The van der Waals surface area contributed by atoms with Crippen molar-refractivity contribution in [2.75, 3.05) is 13.2 Å².